The first-order valence-electron chi connectivity index (χ1n) is 5.52. The number of halogens is 1. The molecule has 1 fully saturated rings. The van der Waals surface area contributed by atoms with Crippen LogP contribution in [0.5, 0.6) is 0 Å². The summed E-state index contributed by atoms with van der Waals surface area (Å²) < 4.78 is 6.30. The van der Waals surface area contributed by atoms with Gasteiger partial charge in [-0.2, -0.15) is 0 Å². The average molecular weight is 286 g/mol. The van der Waals surface area contributed by atoms with E-state index in [-0.39, 0.29) is 6.10 Å². The number of aliphatic hydroxyl groups excluding tert-OH is 1. The van der Waals surface area contributed by atoms with Gasteiger partial charge in [0, 0.05) is 29.9 Å². The van der Waals surface area contributed by atoms with Crippen molar-refractivity contribution in [2.75, 3.05) is 7.11 Å². The van der Waals surface area contributed by atoms with Crippen molar-refractivity contribution in [1.82, 2.24) is 4.98 Å². The molecular formula is C12H16BrNO2. The van der Waals surface area contributed by atoms with E-state index in [1.165, 1.54) is 12.8 Å². The van der Waals surface area contributed by atoms with Crippen molar-refractivity contribution >= 4 is 15.9 Å². The van der Waals surface area contributed by atoms with Crippen molar-refractivity contribution in [2.24, 2.45) is 5.92 Å². The monoisotopic (exact) mass is 285 g/mol. The zero-order chi connectivity index (χ0) is 11.5. The summed E-state index contributed by atoms with van der Waals surface area (Å²) in [6, 6.07) is 3.86. The van der Waals surface area contributed by atoms with E-state index in [4.69, 9.17) is 4.74 Å². The molecule has 2 unspecified atom stereocenters. The molecule has 2 atom stereocenters. The molecule has 1 saturated carbocycles. The van der Waals surface area contributed by atoms with Gasteiger partial charge in [0.1, 0.15) is 0 Å². The molecule has 1 N–H and O–H groups in total. The standard InChI is InChI=1S/C12H16BrNO2/c1-16-12(8-2-3-8)11(15)6-10-5-4-9(13)7-14-10/h4-5,7-8,11-12,15H,2-3,6H2,1H3. The van der Waals surface area contributed by atoms with Gasteiger partial charge in [0.15, 0.2) is 0 Å². The number of aliphatic hydroxyl groups is 1. The maximum absolute atomic E-state index is 10.1. The Morgan fingerprint density at radius 2 is 2.31 bits per heavy atom. The second-order valence-corrected chi connectivity index (χ2v) is 5.19. The summed E-state index contributed by atoms with van der Waals surface area (Å²) in [7, 11) is 1.67. The lowest BCUT2D eigenvalue weighted by molar-refractivity contribution is -0.0241. The van der Waals surface area contributed by atoms with Crippen molar-refractivity contribution in [1.29, 1.82) is 0 Å². The van der Waals surface area contributed by atoms with Crippen LogP contribution in [0.4, 0.5) is 0 Å². The van der Waals surface area contributed by atoms with Crippen LogP contribution < -0.4 is 0 Å². The fourth-order valence-electron chi connectivity index (χ4n) is 1.95. The van der Waals surface area contributed by atoms with Gasteiger partial charge in [0.05, 0.1) is 12.2 Å². The van der Waals surface area contributed by atoms with Crippen molar-refractivity contribution in [3.8, 4) is 0 Å². The SMILES string of the molecule is COC(C(O)Cc1ccc(Br)cn1)C1CC1. The molecule has 1 aliphatic rings. The van der Waals surface area contributed by atoms with E-state index in [0.717, 1.165) is 10.2 Å². The van der Waals surface area contributed by atoms with Gasteiger partial charge in [0.2, 0.25) is 0 Å². The Bertz CT molecular complexity index is 337. The number of hydrogen-bond donors (Lipinski definition) is 1. The molecule has 1 aliphatic carbocycles. The first kappa shape index (κ1) is 12.0. The number of rotatable bonds is 5. The Labute approximate surface area is 104 Å². The fraction of sp³-hybridized carbons (Fsp3) is 0.583. The van der Waals surface area contributed by atoms with Gasteiger partial charge >= 0.3 is 0 Å². The van der Waals surface area contributed by atoms with Crippen LogP contribution in [0.1, 0.15) is 18.5 Å². The van der Waals surface area contributed by atoms with Crippen molar-refractivity contribution in [3.05, 3.63) is 28.5 Å². The molecule has 0 saturated heterocycles. The van der Waals surface area contributed by atoms with E-state index in [1.807, 2.05) is 12.1 Å². The summed E-state index contributed by atoms with van der Waals surface area (Å²) in [5.41, 5.74) is 0.901. The highest BCUT2D eigenvalue weighted by Gasteiger charge is 2.36. The lowest BCUT2D eigenvalue weighted by Gasteiger charge is -2.20. The zero-order valence-corrected chi connectivity index (χ0v) is 10.9. The first-order chi connectivity index (χ1) is 7.70. The van der Waals surface area contributed by atoms with E-state index in [9.17, 15) is 5.11 Å². The van der Waals surface area contributed by atoms with Gasteiger partial charge in [-0.05, 0) is 46.8 Å². The quantitative estimate of drug-likeness (QED) is 0.902. The largest absolute Gasteiger partial charge is 0.390 e. The number of aromatic nitrogens is 1. The molecule has 3 nitrogen and oxygen atoms in total. The lowest BCUT2D eigenvalue weighted by atomic mass is 10.0. The van der Waals surface area contributed by atoms with Crippen LogP contribution in [0.2, 0.25) is 0 Å². The van der Waals surface area contributed by atoms with Gasteiger partial charge < -0.3 is 9.84 Å². The lowest BCUT2D eigenvalue weighted by Crippen LogP contribution is -2.32. The van der Waals surface area contributed by atoms with Crippen molar-refractivity contribution < 1.29 is 9.84 Å². The number of ether oxygens (including phenoxy) is 1. The Morgan fingerprint density at radius 1 is 1.56 bits per heavy atom. The summed E-state index contributed by atoms with van der Waals surface area (Å²) >= 11 is 3.34. The predicted octanol–water partition coefficient (Wildman–Crippen LogP) is 2.17. The summed E-state index contributed by atoms with van der Waals surface area (Å²) in [6.07, 6.45) is 4.16. The molecule has 0 aromatic carbocycles. The average Bonchev–Trinajstić information content (AvgIpc) is 3.07. The topological polar surface area (TPSA) is 42.4 Å². The molecule has 0 bridgehead atoms. The highest BCUT2D eigenvalue weighted by molar-refractivity contribution is 9.10. The Hall–Kier alpha value is -0.450. The van der Waals surface area contributed by atoms with E-state index in [2.05, 4.69) is 20.9 Å². The molecular weight excluding hydrogens is 270 g/mol. The number of methoxy groups -OCH3 is 1. The van der Waals surface area contributed by atoms with E-state index >= 15 is 0 Å². The van der Waals surface area contributed by atoms with Crippen LogP contribution in [-0.2, 0) is 11.2 Å². The fourth-order valence-corrected chi connectivity index (χ4v) is 2.18. The molecule has 1 heterocycles. The van der Waals surface area contributed by atoms with Gasteiger partial charge in [-0.25, -0.2) is 0 Å². The molecule has 1 aromatic heterocycles. The second kappa shape index (κ2) is 5.25. The van der Waals surface area contributed by atoms with Crippen molar-refractivity contribution in [3.63, 3.8) is 0 Å². The molecule has 88 valence electrons. The molecule has 2 rings (SSSR count). The van der Waals surface area contributed by atoms with E-state index < -0.39 is 6.10 Å². The Balaban J connectivity index is 1.94. The summed E-state index contributed by atoms with van der Waals surface area (Å²) in [4.78, 5) is 4.25. The smallest absolute Gasteiger partial charge is 0.0862 e. The van der Waals surface area contributed by atoms with Crippen molar-refractivity contribution in [2.45, 2.75) is 31.5 Å². The third-order valence-electron chi connectivity index (χ3n) is 2.94. The highest BCUT2D eigenvalue weighted by atomic mass is 79.9. The van der Waals surface area contributed by atoms with Gasteiger partial charge in [-0.15, -0.1) is 0 Å². The minimum absolute atomic E-state index is 0.0366. The number of pyridine rings is 1. The Kier molecular flexibility index (Phi) is 3.95. The normalized spacial score (nSPS) is 19.4. The third kappa shape index (κ3) is 3.03. The van der Waals surface area contributed by atoms with E-state index in [0.29, 0.717) is 12.3 Å². The molecule has 0 spiro atoms. The summed E-state index contributed by atoms with van der Waals surface area (Å²) in [5, 5.41) is 10.1. The molecule has 1 aromatic rings. The summed E-state index contributed by atoms with van der Waals surface area (Å²) in [5.74, 6) is 0.537. The first-order valence-corrected chi connectivity index (χ1v) is 6.31. The zero-order valence-electron chi connectivity index (χ0n) is 9.27. The van der Waals surface area contributed by atoms with E-state index in [1.54, 1.807) is 13.3 Å². The van der Waals surface area contributed by atoms with Crippen LogP contribution >= 0.6 is 15.9 Å². The molecule has 0 amide bonds. The highest BCUT2D eigenvalue weighted by Crippen LogP contribution is 2.36. The molecule has 0 aliphatic heterocycles. The minimum Gasteiger partial charge on any atom is -0.390 e. The van der Waals surface area contributed by atoms with Crippen LogP contribution in [0.3, 0.4) is 0 Å². The van der Waals surface area contributed by atoms with Gasteiger partial charge in [-0.3, -0.25) is 4.98 Å². The van der Waals surface area contributed by atoms with Crippen LogP contribution in [0, 0.1) is 5.92 Å². The van der Waals surface area contributed by atoms with Crippen LogP contribution in [0.25, 0.3) is 0 Å². The molecule has 4 heteroatoms. The molecule has 16 heavy (non-hydrogen) atoms. The Morgan fingerprint density at radius 3 is 2.81 bits per heavy atom. The second-order valence-electron chi connectivity index (χ2n) is 4.28. The molecule has 0 radical (unpaired) electrons. The van der Waals surface area contributed by atoms with Crippen LogP contribution in [0.15, 0.2) is 22.8 Å². The third-order valence-corrected chi connectivity index (χ3v) is 3.41. The summed E-state index contributed by atoms with van der Waals surface area (Å²) in [6.45, 7) is 0. The minimum atomic E-state index is -0.453. The maximum atomic E-state index is 10.1. The van der Waals surface area contributed by atoms with Crippen LogP contribution in [-0.4, -0.2) is 29.4 Å². The number of nitrogens with zero attached hydrogens (tertiary/aromatic N) is 1. The predicted molar refractivity (Wildman–Crippen MR) is 65.2 cm³/mol. The maximum Gasteiger partial charge on any atom is 0.0862 e. The van der Waals surface area contributed by atoms with Gasteiger partial charge in [0.25, 0.3) is 0 Å². The number of hydrogen-bond acceptors (Lipinski definition) is 3. The van der Waals surface area contributed by atoms with Gasteiger partial charge in [-0.1, -0.05) is 0 Å².